The van der Waals surface area contributed by atoms with E-state index in [9.17, 15) is 14.9 Å². The zero-order chi connectivity index (χ0) is 17.1. The van der Waals surface area contributed by atoms with E-state index < -0.39 is 11.0 Å². The molecule has 1 atom stereocenters. The van der Waals surface area contributed by atoms with Gasteiger partial charge in [0.25, 0.3) is 5.69 Å². The van der Waals surface area contributed by atoms with Crippen molar-refractivity contribution in [2.45, 2.75) is 6.04 Å². The van der Waals surface area contributed by atoms with Crippen LogP contribution in [0.15, 0.2) is 48.5 Å². The largest absolute Gasteiger partial charge is 0.383 e. The molecular weight excluding hydrogens is 308 g/mol. The number of nitro groups is 1. The van der Waals surface area contributed by atoms with Gasteiger partial charge in [0.15, 0.2) is 0 Å². The van der Waals surface area contributed by atoms with Gasteiger partial charge in [0.1, 0.15) is 0 Å². The highest BCUT2D eigenvalue weighted by atomic mass is 16.6. The minimum absolute atomic E-state index is 0.00948. The minimum atomic E-state index is -0.419. The molecule has 7 nitrogen and oxygen atoms in total. The molecule has 2 amide bonds. The van der Waals surface area contributed by atoms with Gasteiger partial charge in [-0.25, -0.2) is 4.79 Å². The number of nitrogens with zero attached hydrogens (tertiary/aromatic N) is 2. The maximum Gasteiger partial charge on any atom is 0.317 e. The summed E-state index contributed by atoms with van der Waals surface area (Å²) < 4.78 is 0. The van der Waals surface area contributed by atoms with Crippen molar-refractivity contribution in [3.8, 4) is 0 Å². The molecule has 0 aliphatic carbocycles. The van der Waals surface area contributed by atoms with Gasteiger partial charge in [-0.15, -0.1) is 0 Å². The number of hydrogen-bond donors (Lipinski definition) is 2. The molecule has 0 bridgehead atoms. The molecule has 0 spiro atoms. The van der Waals surface area contributed by atoms with Crippen LogP contribution in [0.3, 0.4) is 0 Å². The number of benzene rings is 2. The molecular formula is C17H18N4O3. The highest BCUT2D eigenvalue weighted by Crippen LogP contribution is 2.37. The molecule has 124 valence electrons. The zero-order valence-corrected chi connectivity index (χ0v) is 13.2. The first-order chi connectivity index (χ1) is 11.6. The van der Waals surface area contributed by atoms with Gasteiger partial charge in [0, 0.05) is 43.5 Å². The van der Waals surface area contributed by atoms with Crippen molar-refractivity contribution in [3.63, 3.8) is 0 Å². The summed E-state index contributed by atoms with van der Waals surface area (Å²) in [5.74, 6) is 0. The number of non-ortho nitro benzene ring substituents is 1. The van der Waals surface area contributed by atoms with Crippen molar-refractivity contribution < 1.29 is 9.72 Å². The molecule has 1 heterocycles. The fraction of sp³-hybridized carbons (Fsp3) is 0.235. The molecule has 0 aromatic heterocycles. The predicted molar refractivity (Wildman–Crippen MR) is 91.0 cm³/mol. The van der Waals surface area contributed by atoms with E-state index in [1.54, 1.807) is 24.1 Å². The molecule has 7 heteroatoms. The molecule has 2 aromatic rings. The molecule has 2 N–H and O–H groups in total. The maximum atomic E-state index is 12.4. The molecule has 1 aliphatic rings. The van der Waals surface area contributed by atoms with E-state index in [0.29, 0.717) is 13.1 Å². The van der Waals surface area contributed by atoms with Crippen LogP contribution in [0.25, 0.3) is 0 Å². The lowest BCUT2D eigenvalue weighted by atomic mass is 9.95. The molecule has 2 aromatic carbocycles. The van der Waals surface area contributed by atoms with Crippen LogP contribution in [0, 0.1) is 10.1 Å². The van der Waals surface area contributed by atoms with Crippen molar-refractivity contribution in [2.24, 2.45) is 0 Å². The van der Waals surface area contributed by atoms with Gasteiger partial charge in [-0.2, -0.15) is 0 Å². The van der Waals surface area contributed by atoms with E-state index in [1.807, 2.05) is 30.3 Å². The minimum Gasteiger partial charge on any atom is -0.383 e. The smallest absolute Gasteiger partial charge is 0.317 e. The first-order valence-electron chi connectivity index (χ1n) is 7.67. The fourth-order valence-corrected chi connectivity index (χ4v) is 3.02. The zero-order valence-electron chi connectivity index (χ0n) is 13.2. The normalized spacial score (nSPS) is 16.5. The Morgan fingerprint density at radius 1 is 1.29 bits per heavy atom. The van der Waals surface area contributed by atoms with Crippen molar-refractivity contribution in [2.75, 3.05) is 25.5 Å². The van der Waals surface area contributed by atoms with Gasteiger partial charge in [0.2, 0.25) is 0 Å². The molecule has 0 saturated carbocycles. The second-order valence-electron chi connectivity index (χ2n) is 5.52. The van der Waals surface area contributed by atoms with Crippen LogP contribution >= 0.6 is 0 Å². The van der Waals surface area contributed by atoms with Crippen LogP contribution in [-0.2, 0) is 0 Å². The van der Waals surface area contributed by atoms with Crippen LogP contribution in [0.5, 0.6) is 0 Å². The van der Waals surface area contributed by atoms with E-state index in [-0.39, 0.29) is 11.7 Å². The van der Waals surface area contributed by atoms with Gasteiger partial charge in [-0.1, -0.05) is 30.3 Å². The Kier molecular flexibility index (Phi) is 4.33. The summed E-state index contributed by atoms with van der Waals surface area (Å²) in [5, 5.41) is 17.1. The SMILES string of the molecule is CNC(=O)N1CCNc2ccc([N+](=O)[O-])cc2C1c1ccccc1. The second-order valence-corrected chi connectivity index (χ2v) is 5.52. The molecule has 24 heavy (non-hydrogen) atoms. The van der Waals surface area contributed by atoms with Crippen LogP contribution in [0.1, 0.15) is 17.2 Å². The van der Waals surface area contributed by atoms with Crippen molar-refractivity contribution in [1.29, 1.82) is 0 Å². The number of fused-ring (bicyclic) bond motifs is 1. The molecule has 0 saturated heterocycles. The van der Waals surface area contributed by atoms with Crippen LogP contribution in [-0.4, -0.2) is 36.0 Å². The number of nitrogens with one attached hydrogen (secondary N) is 2. The Bertz CT molecular complexity index is 764. The summed E-state index contributed by atoms with van der Waals surface area (Å²) in [6, 6.07) is 13.7. The van der Waals surface area contributed by atoms with E-state index in [4.69, 9.17) is 0 Å². The topological polar surface area (TPSA) is 87.5 Å². The number of hydrogen-bond acceptors (Lipinski definition) is 4. The highest BCUT2D eigenvalue weighted by molar-refractivity contribution is 5.76. The summed E-state index contributed by atoms with van der Waals surface area (Å²) in [7, 11) is 1.58. The number of urea groups is 1. The van der Waals surface area contributed by atoms with Crippen LogP contribution < -0.4 is 10.6 Å². The summed E-state index contributed by atoms with van der Waals surface area (Å²) in [6.07, 6.45) is 0. The van der Waals surface area contributed by atoms with Gasteiger partial charge in [0.05, 0.1) is 11.0 Å². The first kappa shape index (κ1) is 15.8. The highest BCUT2D eigenvalue weighted by Gasteiger charge is 2.31. The van der Waals surface area contributed by atoms with Gasteiger partial charge >= 0.3 is 6.03 Å². The average molecular weight is 326 g/mol. The summed E-state index contributed by atoms with van der Waals surface area (Å²) in [4.78, 5) is 24.8. The number of carbonyl (C=O) groups is 1. The lowest BCUT2D eigenvalue weighted by Gasteiger charge is -2.30. The first-order valence-corrected chi connectivity index (χ1v) is 7.67. The van der Waals surface area contributed by atoms with E-state index in [2.05, 4.69) is 10.6 Å². The van der Waals surface area contributed by atoms with E-state index >= 15 is 0 Å². The molecule has 0 radical (unpaired) electrons. The van der Waals surface area contributed by atoms with Crippen LogP contribution in [0.2, 0.25) is 0 Å². The molecule has 1 aliphatic heterocycles. The lowest BCUT2D eigenvalue weighted by molar-refractivity contribution is -0.384. The third kappa shape index (κ3) is 2.88. The van der Waals surface area contributed by atoms with Crippen LogP contribution in [0.4, 0.5) is 16.2 Å². The van der Waals surface area contributed by atoms with Gasteiger partial charge in [-0.05, 0) is 11.6 Å². The third-order valence-corrected chi connectivity index (χ3v) is 4.11. The Balaban J connectivity index is 2.18. The van der Waals surface area contributed by atoms with E-state index in [0.717, 1.165) is 16.8 Å². The summed E-state index contributed by atoms with van der Waals surface area (Å²) >= 11 is 0. The predicted octanol–water partition coefficient (Wildman–Crippen LogP) is 2.75. The average Bonchev–Trinajstić information content (AvgIpc) is 2.80. The van der Waals surface area contributed by atoms with Crippen molar-refractivity contribution in [1.82, 2.24) is 10.2 Å². The van der Waals surface area contributed by atoms with Crippen molar-refractivity contribution >= 4 is 17.4 Å². The monoisotopic (exact) mass is 326 g/mol. The standard InChI is InChI=1S/C17H18N4O3/c1-18-17(22)20-10-9-19-15-8-7-13(21(23)24)11-14(15)16(20)12-5-3-2-4-6-12/h2-8,11,16,19H,9-10H2,1H3,(H,18,22). The number of amides is 2. The Labute approximate surface area is 139 Å². The Hall–Kier alpha value is -3.09. The Morgan fingerprint density at radius 3 is 2.71 bits per heavy atom. The summed E-state index contributed by atoms with van der Waals surface area (Å²) in [5.41, 5.74) is 2.44. The van der Waals surface area contributed by atoms with Gasteiger partial charge in [-0.3, -0.25) is 10.1 Å². The summed E-state index contributed by atoms with van der Waals surface area (Å²) in [6.45, 7) is 1.06. The number of anilines is 1. The Morgan fingerprint density at radius 2 is 2.04 bits per heavy atom. The van der Waals surface area contributed by atoms with Crippen molar-refractivity contribution in [3.05, 3.63) is 69.8 Å². The number of nitro benzene ring substituents is 1. The lowest BCUT2D eigenvalue weighted by Crippen LogP contribution is -2.42. The number of rotatable bonds is 2. The number of carbonyl (C=O) groups excluding carboxylic acids is 1. The van der Waals surface area contributed by atoms with Gasteiger partial charge < -0.3 is 15.5 Å². The molecule has 3 rings (SSSR count). The van der Waals surface area contributed by atoms with E-state index in [1.165, 1.54) is 6.07 Å². The fourth-order valence-electron chi connectivity index (χ4n) is 3.02. The quantitative estimate of drug-likeness (QED) is 0.656. The second kappa shape index (κ2) is 6.57. The maximum absolute atomic E-state index is 12.4. The third-order valence-electron chi connectivity index (χ3n) is 4.11. The molecule has 0 fully saturated rings. The molecule has 1 unspecified atom stereocenters.